The summed E-state index contributed by atoms with van der Waals surface area (Å²) in [7, 11) is -3.43. The van der Waals surface area contributed by atoms with Gasteiger partial charge in [-0.3, -0.25) is 5.43 Å². The van der Waals surface area contributed by atoms with E-state index < -0.39 is 10.0 Å². The Kier molecular flexibility index (Phi) is 5.27. The molecule has 1 aromatic rings. The van der Waals surface area contributed by atoms with Gasteiger partial charge in [0, 0.05) is 18.0 Å². The summed E-state index contributed by atoms with van der Waals surface area (Å²) in [4.78, 5) is 4.36. The van der Waals surface area contributed by atoms with Crippen molar-refractivity contribution in [2.45, 2.75) is 68.7 Å². The van der Waals surface area contributed by atoms with Gasteiger partial charge in [-0.05, 0) is 50.7 Å². The first-order valence-electron chi connectivity index (χ1n) is 8.43. The van der Waals surface area contributed by atoms with Gasteiger partial charge in [0.2, 0.25) is 10.0 Å². The zero-order valence-corrected chi connectivity index (χ0v) is 14.1. The number of pyridine rings is 1. The predicted molar refractivity (Wildman–Crippen MR) is 91.0 cm³/mol. The zero-order chi connectivity index (χ0) is 16.1. The van der Waals surface area contributed by atoms with Crippen LogP contribution in [0.15, 0.2) is 28.3 Å². The first kappa shape index (κ1) is 16.4. The molecule has 1 heterocycles. The molecule has 3 rings (SSSR count). The average Bonchev–Trinajstić information content (AvgIpc) is 3.30. The lowest BCUT2D eigenvalue weighted by molar-refractivity contribution is 0.580. The van der Waals surface area contributed by atoms with Gasteiger partial charge in [-0.2, -0.15) is 5.10 Å². The number of anilines is 1. The number of hydrogen-bond acceptors (Lipinski definition) is 5. The van der Waals surface area contributed by atoms with Crippen LogP contribution in [0.5, 0.6) is 0 Å². The largest absolute Gasteiger partial charge is 0.261 e. The fraction of sp³-hybridized carbons (Fsp3) is 0.625. The molecule has 0 atom stereocenters. The Hall–Kier alpha value is -1.47. The second-order valence-corrected chi connectivity index (χ2v) is 8.05. The Morgan fingerprint density at radius 2 is 1.74 bits per heavy atom. The molecule has 0 amide bonds. The number of nitrogens with one attached hydrogen (secondary N) is 2. The summed E-state index contributed by atoms with van der Waals surface area (Å²) in [6, 6.07) is 3.33. The van der Waals surface area contributed by atoms with E-state index in [1.165, 1.54) is 44.0 Å². The third-order valence-electron chi connectivity index (χ3n) is 4.21. The van der Waals surface area contributed by atoms with Crippen LogP contribution in [0.1, 0.15) is 57.8 Å². The highest BCUT2D eigenvalue weighted by Gasteiger charge is 2.28. The van der Waals surface area contributed by atoms with E-state index in [-0.39, 0.29) is 10.9 Å². The molecule has 2 aliphatic rings. The topological polar surface area (TPSA) is 83.5 Å². The second-order valence-electron chi connectivity index (χ2n) is 6.33. The minimum atomic E-state index is -3.43. The van der Waals surface area contributed by atoms with Crippen molar-refractivity contribution in [3.05, 3.63) is 18.3 Å². The molecule has 0 saturated heterocycles. The lowest BCUT2D eigenvalue weighted by Crippen LogP contribution is -2.25. The van der Waals surface area contributed by atoms with Crippen molar-refractivity contribution in [2.75, 3.05) is 5.43 Å². The van der Waals surface area contributed by atoms with Crippen LogP contribution in [-0.2, 0) is 10.0 Å². The Labute approximate surface area is 137 Å². The van der Waals surface area contributed by atoms with Crippen LogP contribution in [0, 0.1) is 0 Å². The van der Waals surface area contributed by atoms with Crippen molar-refractivity contribution in [1.29, 1.82) is 0 Å². The van der Waals surface area contributed by atoms with E-state index in [1.54, 1.807) is 12.1 Å². The van der Waals surface area contributed by atoms with Crippen molar-refractivity contribution in [1.82, 2.24) is 9.71 Å². The van der Waals surface area contributed by atoms with Crippen LogP contribution in [-0.4, -0.2) is 25.2 Å². The molecule has 2 aliphatic carbocycles. The van der Waals surface area contributed by atoms with Gasteiger partial charge < -0.3 is 0 Å². The number of aromatic nitrogens is 1. The molecule has 6 nitrogen and oxygen atoms in total. The molecule has 1 aromatic heterocycles. The first-order valence-corrected chi connectivity index (χ1v) is 9.92. The van der Waals surface area contributed by atoms with Crippen molar-refractivity contribution in [3.63, 3.8) is 0 Å². The Balaban J connectivity index is 1.60. The molecule has 0 radical (unpaired) electrons. The molecule has 0 aliphatic heterocycles. The highest BCUT2D eigenvalue weighted by molar-refractivity contribution is 7.89. The summed E-state index contributed by atoms with van der Waals surface area (Å²) < 4.78 is 26.8. The molecular formula is C16H24N4O2S. The van der Waals surface area contributed by atoms with E-state index in [1.807, 2.05) is 0 Å². The molecule has 0 unspecified atom stereocenters. The molecule has 126 valence electrons. The quantitative estimate of drug-likeness (QED) is 0.810. The fourth-order valence-corrected chi connectivity index (χ4v) is 3.90. The van der Waals surface area contributed by atoms with Crippen molar-refractivity contribution < 1.29 is 8.42 Å². The standard InChI is InChI=1S/C16H24N4O2S/c21-23(22,20-14-8-9-14)15-10-11-16(17-12-15)19-18-13-6-4-2-1-3-5-7-13/h10-12,14,20H,1-9H2,(H,17,19). The molecule has 2 N–H and O–H groups in total. The molecular weight excluding hydrogens is 312 g/mol. The van der Waals surface area contributed by atoms with Gasteiger partial charge in [-0.25, -0.2) is 18.1 Å². The summed E-state index contributed by atoms with van der Waals surface area (Å²) in [5.41, 5.74) is 4.14. The molecule has 0 bridgehead atoms. The summed E-state index contributed by atoms with van der Waals surface area (Å²) in [5, 5.41) is 4.44. The zero-order valence-electron chi connectivity index (χ0n) is 13.3. The molecule has 0 aromatic carbocycles. The smallest absolute Gasteiger partial charge is 0.242 e. The van der Waals surface area contributed by atoms with Gasteiger partial charge in [0.05, 0.1) is 0 Å². The van der Waals surface area contributed by atoms with E-state index in [0.717, 1.165) is 25.7 Å². The number of nitrogens with zero attached hydrogens (tertiary/aromatic N) is 2. The second kappa shape index (κ2) is 7.40. The summed E-state index contributed by atoms with van der Waals surface area (Å²) >= 11 is 0. The van der Waals surface area contributed by atoms with Crippen molar-refractivity contribution >= 4 is 21.6 Å². The van der Waals surface area contributed by atoms with Crippen molar-refractivity contribution in [2.24, 2.45) is 5.10 Å². The minimum absolute atomic E-state index is 0.100. The first-order chi connectivity index (χ1) is 11.1. The maximum Gasteiger partial charge on any atom is 0.242 e. The maximum absolute atomic E-state index is 12.1. The van der Waals surface area contributed by atoms with Gasteiger partial charge in [0.25, 0.3) is 0 Å². The molecule has 23 heavy (non-hydrogen) atoms. The maximum atomic E-state index is 12.1. The molecule has 7 heteroatoms. The SMILES string of the molecule is O=S(=O)(NC1CC1)c1ccc(NN=C2CCCCCCC2)nc1. The summed E-state index contributed by atoms with van der Waals surface area (Å²) in [6.45, 7) is 0. The monoisotopic (exact) mass is 336 g/mol. The van der Waals surface area contributed by atoms with E-state index in [0.29, 0.717) is 5.82 Å². The van der Waals surface area contributed by atoms with E-state index in [2.05, 4.69) is 20.2 Å². The lowest BCUT2D eigenvalue weighted by Gasteiger charge is -2.11. The van der Waals surface area contributed by atoms with Crippen LogP contribution in [0.25, 0.3) is 0 Å². The van der Waals surface area contributed by atoms with E-state index >= 15 is 0 Å². The molecule has 0 spiro atoms. The highest BCUT2D eigenvalue weighted by atomic mass is 32.2. The molecule has 2 saturated carbocycles. The van der Waals surface area contributed by atoms with Gasteiger partial charge in [0.1, 0.15) is 10.7 Å². The third kappa shape index (κ3) is 5.00. The Morgan fingerprint density at radius 3 is 2.35 bits per heavy atom. The van der Waals surface area contributed by atoms with Crippen LogP contribution >= 0.6 is 0 Å². The number of hydrazone groups is 1. The molecule has 2 fully saturated rings. The van der Waals surface area contributed by atoms with E-state index in [4.69, 9.17) is 0 Å². The van der Waals surface area contributed by atoms with Crippen LogP contribution in [0.2, 0.25) is 0 Å². The van der Waals surface area contributed by atoms with E-state index in [9.17, 15) is 8.42 Å². The van der Waals surface area contributed by atoms with Crippen LogP contribution in [0.3, 0.4) is 0 Å². The van der Waals surface area contributed by atoms with Gasteiger partial charge in [0.15, 0.2) is 0 Å². The highest BCUT2D eigenvalue weighted by Crippen LogP contribution is 2.22. The Bertz CT molecular complexity index is 641. The van der Waals surface area contributed by atoms with Crippen molar-refractivity contribution in [3.8, 4) is 0 Å². The Morgan fingerprint density at radius 1 is 1.04 bits per heavy atom. The van der Waals surface area contributed by atoms with Gasteiger partial charge in [-0.15, -0.1) is 0 Å². The number of sulfonamides is 1. The van der Waals surface area contributed by atoms with Crippen LogP contribution in [0.4, 0.5) is 5.82 Å². The van der Waals surface area contributed by atoms with Gasteiger partial charge >= 0.3 is 0 Å². The average molecular weight is 336 g/mol. The fourth-order valence-electron chi connectivity index (χ4n) is 2.66. The summed E-state index contributed by atoms with van der Waals surface area (Å²) in [6.07, 6.45) is 11.5. The normalized spacial score (nSPS) is 19.7. The summed E-state index contributed by atoms with van der Waals surface area (Å²) in [5.74, 6) is 0.574. The van der Waals surface area contributed by atoms with Gasteiger partial charge in [-0.1, -0.05) is 19.3 Å². The third-order valence-corrected chi connectivity index (χ3v) is 5.71. The lowest BCUT2D eigenvalue weighted by atomic mass is 9.99. The number of hydrogen-bond donors (Lipinski definition) is 2. The minimum Gasteiger partial charge on any atom is -0.261 e. The van der Waals surface area contributed by atoms with Crippen LogP contribution < -0.4 is 10.1 Å². The number of rotatable bonds is 5. The predicted octanol–water partition coefficient (Wildman–Crippen LogP) is 3.03.